The lowest BCUT2D eigenvalue weighted by Crippen LogP contribution is -2.51. The molecule has 0 radical (unpaired) electrons. The van der Waals surface area contributed by atoms with Gasteiger partial charge in [0.25, 0.3) is 0 Å². The number of hydrogen-bond acceptors (Lipinski definition) is 3. The molecule has 0 heterocycles. The maximum Gasteiger partial charge on any atom is 0.0676 e. The predicted molar refractivity (Wildman–Crippen MR) is 39.7 cm³/mol. The van der Waals surface area contributed by atoms with Crippen molar-refractivity contribution in [1.82, 2.24) is 10.7 Å². The fourth-order valence-corrected chi connectivity index (χ4v) is 0.691. The normalized spacial score (nSPS) is 15.7. The van der Waals surface area contributed by atoms with Crippen LogP contribution in [0.25, 0.3) is 0 Å². The predicted octanol–water partition coefficient (Wildman–Crippen LogP) is 0.184. The summed E-state index contributed by atoms with van der Waals surface area (Å²) in [6.45, 7) is 8.27. The summed E-state index contributed by atoms with van der Waals surface area (Å²) in [5.74, 6) is 5.17. The Hall–Kier alpha value is -0.120. The molecule has 0 aromatic rings. The van der Waals surface area contributed by atoms with E-state index in [0.717, 1.165) is 0 Å². The zero-order chi connectivity index (χ0) is 7.49. The molecule has 0 aliphatic carbocycles. The van der Waals surface area contributed by atoms with Crippen molar-refractivity contribution >= 4 is 0 Å². The van der Waals surface area contributed by atoms with Gasteiger partial charge in [-0.15, -0.1) is 0 Å². The maximum absolute atomic E-state index is 5.17. The molecule has 0 saturated carbocycles. The van der Waals surface area contributed by atoms with Gasteiger partial charge in [-0.2, -0.15) is 0 Å². The van der Waals surface area contributed by atoms with E-state index in [2.05, 4.69) is 31.5 Å². The molecule has 9 heavy (non-hydrogen) atoms. The van der Waals surface area contributed by atoms with Crippen LogP contribution in [0, 0.1) is 0 Å². The highest BCUT2D eigenvalue weighted by Gasteiger charge is 2.11. The van der Waals surface area contributed by atoms with Crippen LogP contribution in [0.1, 0.15) is 27.7 Å². The highest BCUT2D eigenvalue weighted by Crippen LogP contribution is 1.98. The van der Waals surface area contributed by atoms with Gasteiger partial charge in [-0.1, -0.05) is 0 Å². The van der Waals surface area contributed by atoms with E-state index in [1.54, 1.807) is 0 Å². The van der Waals surface area contributed by atoms with Gasteiger partial charge < -0.3 is 0 Å². The summed E-state index contributed by atoms with van der Waals surface area (Å²) >= 11 is 0. The fraction of sp³-hybridized carbons (Fsp3) is 1.00. The Bertz CT molecular complexity index is 74.9. The second-order valence-corrected chi connectivity index (χ2v) is 3.28. The minimum absolute atomic E-state index is 0.131. The van der Waals surface area contributed by atoms with E-state index in [1.165, 1.54) is 0 Å². The number of hydrazine groups is 1. The van der Waals surface area contributed by atoms with Crippen molar-refractivity contribution in [3.63, 3.8) is 0 Å². The molecule has 3 nitrogen and oxygen atoms in total. The average Bonchev–Trinajstić information content (AvgIpc) is 1.62. The Labute approximate surface area is 57.0 Å². The van der Waals surface area contributed by atoms with Crippen molar-refractivity contribution in [2.24, 2.45) is 5.84 Å². The molecule has 3 heteroatoms. The Morgan fingerprint density at radius 3 is 1.89 bits per heavy atom. The van der Waals surface area contributed by atoms with Crippen LogP contribution in [0.3, 0.4) is 0 Å². The molecule has 0 aromatic carbocycles. The third kappa shape index (κ3) is 5.76. The maximum atomic E-state index is 5.17. The molecule has 0 amide bonds. The van der Waals surface area contributed by atoms with Crippen LogP contribution in [0.4, 0.5) is 0 Å². The van der Waals surface area contributed by atoms with E-state index >= 15 is 0 Å². The smallest absolute Gasteiger partial charge is 0.0676 e. The van der Waals surface area contributed by atoms with E-state index in [9.17, 15) is 0 Å². The van der Waals surface area contributed by atoms with Gasteiger partial charge >= 0.3 is 0 Å². The molecular formula is C6H17N3. The van der Waals surface area contributed by atoms with Gasteiger partial charge in [0.15, 0.2) is 0 Å². The van der Waals surface area contributed by atoms with Crippen LogP contribution in [-0.4, -0.2) is 11.7 Å². The van der Waals surface area contributed by atoms with Crippen molar-refractivity contribution < 1.29 is 0 Å². The number of hydrogen-bond donors (Lipinski definition) is 3. The molecule has 0 aliphatic heterocycles. The van der Waals surface area contributed by atoms with E-state index in [4.69, 9.17) is 5.84 Å². The van der Waals surface area contributed by atoms with Gasteiger partial charge in [-0.05, 0) is 27.7 Å². The molecule has 0 rings (SSSR count). The lowest BCUT2D eigenvalue weighted by molar-refractivity contribution is 0.337. The summed E-state index contributed by atoms with van der Waals surface area (Å²) in [5.41, 5.74) is 2.74. The number of nitrogens with one attached hydrogen (secondary N) is 2. The van der Waals surface area contributed by atoms with Gasteiger partial charge in [0.05, 0.1) is 6.17 Å². The fourth-order valence-electron chi connectivity index (χ4n) is 0.691. The van der Waals surface area contributed by atoms with Crippen molar-refractivity contribution in [2.45, 2.75) is 39.4 Å². The molecule has 1 atom stereocenters. The second-order valence-electron chi connectivity index (χ2n) is 3.28. The summed E-state index contributed by atoms with van der Waals surface area (Å²) in [6.07, 6.45) is 0.171. The topological polar surface area (TPSA) is 50.1 Å². The standard InChI is InChI=1S/C6H17N3/c1-5(9-7)8-6(2,3)4/h5,8-9H,7H2,1-4H3. The zero-order valence-corrected chi connectivity index (χ0v) is 6.65. The SMILES string of the molecule is CC(NN)NC(C)(C)C. The molecule has 0 fully saturated rings. The van der Waals surface area contributed by atoms with Crippen LogP contribution in [0.2, 0.25) is 0 Å². The lowest BCUT2D eigenvalue weighted by atomic mass is 10.1. The second kappa shape index (κ2) is 3.15. The van der Waals surface area contributed by atoms with E-state index in [1.807, 2.05) is 6.92 Å². The van der Waals surface area contributed by atoms with E-state index < -0.39 is 0 Å². The lowest BCUT2D eigenvalue weighted by Gasteiger charge is -2.25. The minimum Gasteiger partial charge on any atom is -0.296 e. The molecule has 0 saturated heterocycles. The van der Waals surface area contributed by atoms with Crippen molar-refractivity contribution in [2.75, 3.05) is 0 Å². The molecule has 0 aliphatic rings. The highest BCUT2D eigenvalue weighted by atomic mass is 15.3. The first kappa shape index (κ1) is 8.88. The van der Waals surface area contributed by atoms with Gasteiger partial charge in [0.1, 0.15) is 0 Å². The molecule has 4 N–H and O–H groups in total. The van der Waals surface area contributed by atoms with Crippen molar-refractivity contribution in [3.05, 3.63) is 0 Å². The first-order valence-corrected chi connectivity index (χ1v) is 3.19. The average molecular weight is 131 g/mol. The minimum atomic E-state index is 0.131. The monoisotopic (exact) mass is 131 g/mol. The molecule has 0 aromatic heterocycles. The molecule has 1 unspecified atom stereocenters. The highest BCUT2D eigenvalue weighted by molar-refractivity contribution is 4.72. The summed E-state index contributed by atoms with van der Waals surface area (Å²) in [5, 5.41) is 3.23. The summed E-state index contributed by atoms with van der Waals surface area (Å²) in [4.78, 5) is 0. The summed E-state index contributed by atoms with van der Waals surface area (Å²) in [7, 11) is 0. The number of rotatable bonds is 2. The Morgan fingerprint density at radius 2 is 1.78 bits per heavy atom. The van der Waals surface area contributed by atoms with Crippen LogP contribution in [0.5, 0.6) is 0 Å². The van der Waals surface area contributed by atoms with Crippen LogP contribution < -0.4 is 16.6 Å². The first-order valence-electron chi connectivity index (χ1n) is 3.19. The molecule has 56 valence electrons. The molecular weight excluding hydrogens is 114 g/mol. The summed E-state index contributed by atoms with van der Waals surface area (Å²) in [6, 6.07) is 0. The van der Waals surface area contributed by atoms with Crippen LogP contribution >= 0.6 is 0 Å². The van der Waals surface area contributed by atoms with Crippen LogP contribution in [0.15, 0.2) is 0 Å². The zero-order valence-electron chi connectivity index (χ0n) is 6.65. The Balaban J connectivity index is 3.47. The van der Waals surface area contributed by atoms with Crippen molar-refractivity contribution in [3.8, 4) is 0 Å². The van der Waals surface area contributed by atoms with Gasteiger partial charge in [-0.3, -0.25) is 11.2 Å². The van der Waals surface area contributed by atoms with Crippen LogP contribution in [-0.2, 0) is 0 Å². The van der Waals surface area contributed by atoms with E-state index in [-0.39, 0.29) is 11.7 Å². The Kier molecular flexibility index (Phi) is 3.11. The van der Waals surface area contributed by atoms with Gasteiger partial charge in [-0.25, -0.2) is 5.43 Å². The third-order valence-corrected chi connectivity index (χ3v) is 0.900. The van der Waals surface area contributed by atoms with E-state index in [0.29, 0.717) is 0 Å². The van der Waals surface area contributed by atoms with Gasteiger partial charge in [0, 0.05) is 5.54 Å². The largest absolute Gasteiger partial charge is 0.296 e. The molecule has 0 spiro atoms. The third-order valence-electron chi connectivity index (χ3n) is 0.900. The quantitative estimate of drug-likeness (QED) is 0.285. The number of nitrogens with two attached hydrogens (primary N) is 1. The van der Waals surface area contributed by atoms with Gasteiger partial charge in [0.2, 0.25) is 0 Å². The summed E-state index contributed by atoms with van der Waals surface area (Å²) < 4.78 is 0. The molecule has 0 bridgehead atoms. The first-order chi connectivity index (χ1) is 3.95. The van der Waals surface area contributed by atoms with Crippen molar-refractivity contribution in [1.29, 1.82) is 0 Å². The Morgan fingerprint density at radius 1 is 1.33 bits per heavy atom.